The lowest BCUT2D eigenvalue weighted by atomic mass is 9.99. The molecule has 0 amide bonds. The van der Waals surface area contributed by atoms with E-state index >= 15 is 0 Å². The van der Waals surface area contributed by atoms with Crippen LogP contribution in [0, 0.1) is 0 Å². The lowest BCUT2D eigenvalue weighted by Gasteiger charge is -2.40. The van der Waals surface area contributed by atoms with Crippen LogP contribution in [0.2, 0.25) is 0 Å². The van der Waals surface area contributed by atoms with E-state index in [2.05, 4.69) is 0 Å². The van der Waals surface area contributed by atoms with E-state index < -0.39 is 49.3 Å². The Morgan fingerprint density at radius 3 is 1.96 bits per heavy atom. The van der Waals surface area contributed by atoms with Crippen LogP contribution in [-0.4, -0.2) is 64.6 Å². The molecule has 0 aromatic rings. The van der Waals surface area contributed by atoms with E-state index in [0.717, 1.165) is 0 Å². The molecule has 1 heterocycles. The van der Waals surface area contributed by atoms with Crippen molar-refractivity contribution < 1.29 is 39.1 Å². The standard InChI is InChI=1S/C16H24O8/c1-5-8(3)14(20)23-13-12(19)11(18)10(7-17)22-16(13)24-15(21)9(4)6-2/h5-6,10-13,16-19H,7H2,1-4H3/t10-,11-,12+,13-,16+/m1/s1. The van der Waals surface area contributed by atoms with Crippen LogP contribution >= 0.6 is 0 Å². The van der Waals surface area contributed by atoms with Gasteiger partial charge < -0.3 is 29.5 Å². The minimum Gasteiger partial charge on any atom is -0.449 e. The van der Waals surface area contributed by atoms with Crippen molar-refractivity contribution in [1.82, 2.24) is 0 Å². The maximum absolute atomic E-state index is 11.9. The van der Waals surface area contributed by atoms with Gasteiger partial charge in [0.15, 0.2) is 6.10 Å². The second-order valence-electron chi connectivity index (χ2n) is 5.43. The quantitative estimate of drug-likeness (QED) is 0.463. The van der Waals surface area contributed by atoms with Crippen LogP contribution < -0.4 is 0 Å². The molecule has 0 spiro atoms. The third kappa shape index (κ3) is 4.64. The molecule has 8 nitrogen and oxygen atoms in total. The number of carbonyl (C=O) groups excluding carboxylic acids is 2. The Kier molecular flexibility index (Phi) is 7.56. The summed E-state index contributed by atoms with van der Waals surface area (Å²) >= 11 is 0. The molecular weight excluding hydrogens is 320 g/mol. The van der Waals surface area contributed by atoms with Gasteiger partial charge in [0, 0.05) is 11.1 Å². The Balaban J connectivity index is 3.02. The van der Waals surface area contributed by atoms with Gasteiger partial charge in [0.2, 0.25) is 6.29 Å². The summed E-state index contributed by atoms with van der Waals surface area (Å²) in [6, 6.07) is 0. The molecule has 1 aliphatic rings. The number of hydrogen-bond acceptors (Lipinski definition) is 8. The number of aliphatic hydroxyl groups is 3. The third-order valence-electron chi connectivity index (χ3n) is 3.80. The highest BCUT2D eigenvalue weighted by Crippen LogP contribution is 2.26. The predicted octanol–water partition coefficient (Wildman–Crippen LogP) is -0.187. The molecule has 0 unspecified atom stereocenters. The molecule has 24 heavy (non-hydrogen) atoms. The third-order valence-corrected chi connectivity index (χ3v) is 3.80. The highest BCUT2D eigenvalue weighted by Gasteiger charge is 2.48. The zero-order chi connectivity index (χ0) is 18.4. The van der Waals surface area contributed by atoms with Gasteiger partial charge in [-0.25, -0.2) is 9.59 Å². The van der Waals surface area contributed by atoms with Gasteiger partial charge in [0.25, 0.3) is 0 Å². The van der Waals surface area contributed by atoms with Crippen LogP contribution in [0.1, 0.15) is 27.7 Å². The topological polar surface area (TPSA) is 123 Å². The molecule has 0 radical (unpaired) electrons. The van der Waals surface area contributed by atoms with E-state index in [1.165, 1.54) is 26.0 Å². The molecule has 3 N–H and O–H groups in total. The van der Waals surface area contributed by atoms with Gasteiger partial charge in [0.1, 0.15) is 18.3 Å². The fourth-order valence-corrected chi connectivity index (χ4v) is 1.93. The van der Waals surface area contributed by atoms with Crippen LogP contribution in [0.15, 0.2) is 23.3 Å². The van der Waals surface area contributed by atoms with E-state index in [1.54, 1.807) is 13.8 Å². The number of allylic oxidation sites excluding steroid dienone is 2. The lowest BCUT2D eigenvalue weighted by Crippen LogP contribution is -2.60. The van der Waals surface area contributed by atoms with E-state index in [9.17, 15) is 24.9 Å². The Morgan fingerprint density at radius 2 is 1.50 bits per heavy atom. The average Bonchev–Trinajstić information content (AvgIpc) is 2.58. The largest absolute Gasteiger partial charge is 0.449 e. The van der Waals surface area contributed by atoms with E-state index in [0.29, 0.717) is 0 Å². The fraction of sp³-hybridized carbons (Fsp3) is 0.625. The van der Waals surface area contributed by atoms with Crippen molar-refractivity contribution in [3.63, 3.8) is 0 Å². The normalized spacial score (nSPS) is 31.5. The van der Waals surface area contributed by atoms with Gasteiger partial charge in [-0.15, -0.1) is 0 Å². The molecule has 0 bridgehead atoms. The number of esters is 2. The Hall–Kier alpha value is -1.74. The molecule has 136 valence electrons. The molecule has 1 rings (SSSR count). The van der Waals surface area contributed by atoms with Gasteiger partial charge in [0.05, 0.1) is 6.61 Å². The smallest absolute Gasteiger partial charge is 0.335 e. The van der Waals surface area contributed by atoms with Crippen molar-refractivity contribution in [2.45, 2.75) is 58.4 Å². The summed E-state index contributed by atoms with van der Waals surface area (Å²) < 4.78 is 15.5. The second kappa shape index (κ2) is 8.93. The number of ether oxygens (including phenoxy) is 3. The summed E-state index contributed by atoms with van der Waals surface area (Å²) in [6.45, 7) is 5.69. The summed E-state index contributed by atoms with van der Waals surface area (Å²) in [5.74, 6) is -1.48. The molecule has 0 saturated carbocycles. The zero-order valence-corrected chi connectivity index (χ0v) is 14.1. The minimum absolute atomic E-state index is 0.274. The molecular formula is C16H24O8. The van der Waals surface area contributed by atoms with Crippen molar-refractivity contribution >= 4 is 11.9 Å². The number of aliphatic hydroxyl groups excluding tert-OH is 3. The highest BCUT2D eigenvalue weighted by atomic mass is 16.7. The van der Waals surface area contributed by atoms with Crippen LogP contribution in [0.4, 0.5) is 0 Å². The summed E-state index contributed by atoms with van der Waals surface area (Å²) in [5.41, 5.74) is 0.560. The number of hydrogen-bond donors (Lipinski definition) is 3. The Bertz CT molecular complexity index is 524. The lowest BCUT2D eigenvalue weighted by molar-refractivity contribution is -0.294. The first-order chi connectivity index (χ1) is 11.3. The molecule has 0 aliphatic carbocycles. The summed E-state index contributed by atoms with van der Waals surface area (Å²) in [4.78, 5) is 23.8. The van der Waals surface area contributed by atoms with Crippen LogP contribution in [0.5, 0.6) is 0 Å². The van der Waals surface area contributed by atoms with Crippen LogP contribution in [-0.2, 0) is 23.8 Å². The summed E-state index contributed by atoms with van der Waals surface area (Å²) in [5, 5.41) is 29.3. The average molecular weight is 344 g/mol. The molecule has 1 fully saturated rings. The fourth-order valence-electron chi connectivity index (χ4n) is 1.93. The Morgan fingerprint density at radius 1 is 1.00 bits per heavy atom. The first kappa shape index (κ1) is 20.3. The van der Waals surface area contributed by atoms with Gasteiger partial charge in [-0.1, -0.05) is 12.2 Å². The zero-order valence-electron chi connectivity index (χ0n) is 14.1. The molecule has 1 saturated heterocycles. The van der Waals surface area contributed by atoms with Crippen LogP contribution in [0.25, 0.3) is 0 Å². The van der Waals surface area contributed by atoms with Gasteiger partial charge >= 0.3 is 11.9 Å². The van der Waals surface area contributed by atoms with E-state index in [-0.39, 0.29) is 11.1 Å². The molecule has 5 atom stereocenters. The maximum Gasteiger partial charge on any atom is 0.335 e. The number of rotatable bonds is 5. The van der Waals surface area contributed by atoms with Crippen molar-refractivity contribution in [2.75, 3.05) is 6.61 Å². The molecule has 0 aromatic carbocycles. The highest BCUT2D eigenvalue weighted by molar-refractivity contribution is 5.88. The van der Waals surface area contributed by atoms with Gasteiger partial charge in [-0.2, -0.15) is 0 Å². The van der Waals surface area contributed by atoms with Crippen molar-refractivity contribution in [3.05, 3.63) is 23.3 Å². The van der Waals surface area contributed by atoms with Gasteiger partial charge in [-0.05, 0) is 27.7 Å². The summed E-state index contributed by atoms with van der Waals surface area (Å²) in [7, 11) is 0. The first-order valence-corrected chi connectivity index (χ1v) is 7.57. The second-order valence-corrected chi connectivity index (χ2v) is 5.43. The maximum atomic E-state index is 11.9. The first-order valence-electron chi connectivity index (χ1n) is 7.57. The predicted molar refractivity (Wildman–Crippen MR) is 82.6 cm³/mol. The SMILES string of the molecule is CC=C(C)C(=O)O[C@@H]1O[C@H](CO)[C@@H](O)[C@H](O)[C@H]1OC(=O)C(C)=CC. The summed E-state index contributed by atoms with van der Waals surface area (Å²) in [6.07, 6.45) is -4.14. The Labute approximate surface area is 140 Å². The van der Waals surface area contributed by atoms with Crippen molar-refractivity contribution in [2.24, 2.45) is 0 Å². The van der Waals surface area contributed by atoms with E-state index in [1.807, 2.05) is 0 Å². The van der Waals surface area contributed by atoms with Crippen molar-refractivity contribution in [1.29, 1.82) is 0 Å². The van der Waals surface area contributed by atoms with Crippen molar-refractivity contribution in [3.8, 4) is 0 Å². The van der Waals surface area contributed by atoms with E-state index in [4.69, 9.17) is 14.2 Å². The monoisotopic (exact) mass is 344 g/mol. The molecule has 8 heteroatoms. The minimum atomic E-state index is -1.59. The molecule has 1 aliphatic heterocycles. The molecule has 0 aromatic heterocycles. The number of carbonyl (C=O) groups is 2. The van der Waals surface area contributed by atoms with Gasteiger partial charge in [-0.3, -0.25) is 0 Å². The van der Waals surface area contributed by atoms with Crippen LogP contribution in [0.3, 0.4) is 0 Å².